The molecule has 0 aliphatic carbocycles. The molecule has 6 nitrogen and oxygen atoms in total. The van der Waals surface area contributed by atoms with E-state index in [0.717, 1.165) is 36.1 Å². The molecule has 0 atom stereocenters. The number of nitrogens with zero attached hydrogens (tertiary/aromatic N) is 1. The fourth-order valence-corrected chi connectivity index (χ4v) is 3.98. The number of carbonyl (C=O) groups excluding carboxylic acids is 1. The number of nitrogens with one attached hydrogen (secondary N) is 2. The van der Waals surface area contributed by atoms with Gasteiger partial charge in [-0.1, -0.05) is 61.9 Å². The summed E-state index contributed by atoms with van der Waals surface area (Å²) in [6.07, 6.45) is 2.34. The van der Waals surface area contributed by atoms with E-state index in [2.05, 4.69) is 29.4 Å². The normalized spacial score (nSPS) is 11.7. The second-order valence-electron chi connectivity index (χ2n) is 8.35. The van der Waals surface area contributed by atoms with Crippen molar-refractivity contribution in [3.8, 4) is 5.88 Å². The van der Waals surface area contributed by atoms with E-state index in [0.29, 0.717) is 29.0 Å². The van der Waals surface area contributed by atoms with E-state index in [-0.39, 0.29) is 5.88 Å². The molecule has 180 valence electrons. The van der Waals surface area contributed by atoms with Crippen molar-refractivity contribution in [2.24, 2.45) is 4.99 Å². The maximum Gasteiger partial charge on any atom is 0.338 e. The zero-order valence-electron chi connectivity index (χ0n) is 20.2. The number of H-pyrrole nitrogens is 1. The van der Waals surface area contributed by atoms with Crippen LogP contribution in [0.5, 0.6) is 5.88 Å². The molecule has 0 radical (unpaired) electrons. The van der Waals surface area contributed by atoms with Gasteiger partial charge in [0.15, 0.2) is 5.88 Å². The number of esters is 1. The summed E-state index contributed by atoms with van der Waals surface area (Å²) in [7, 11) is 0. The number of ether oxygens (including phenoxy) is 1. The average molecular weight is 470 g/mol. The van der Waals surface area contributed by atoms with Gasteiger partial charge < -0.3 is 20.1 Å². The molecule has 1 heterocycles. The predicted molar refractivity (Wildman–Crippen MR) is 141 cm³/mol. The number of aromatic hydroxyl groups is 1. The summed E-state index contributed by atoms with van der Waals surface area (Å²) < 4.78 is 5.11. The van der Waals surface area contributed by atoms with Gasteiger partial charge in [0.1, 0.15) is 0 Å². The molecule has 0 aliphatic rings. The van der Waals surface area contributed by atoms with E-state index in [1.165, 1.54) is 12.0 Å². The number of hydrogen-bond acceptors (Lipinski definition) is 5. The van der Waals surface area contributed by atoms with Gasteiger partial charge in [0.2, 0.25) is 0 Å². The van der Waals surface area contributed by atoms with Crippen molar-refractivity contribution in [3.05, 3.63) is 95.1 Å². The van der Waals surface area contributed by atoms with Gasteiger partial charge in [-0.2, -0.15) is 0 Å². The Morgan fingerprint density at radius 1 is 1.00 bits per heavy atom. The largest absolute Gasteiger partial charge is 0.494 e. The first-order valence-corrected chi connectivity index (χ1v) is 12.1. The number of carbonyl (C=O) groups is 1. The minimum atomic E-state index is -0.397. The summed E-state index contributed by atoms with van der Waals surface area (Å²) in [6.45, 7) is 6.08. The Hall–Kier alpha value is -3.90. The molecule has 0 spiro atoms. The Morgan fingerprint density at radius 2 is 1.77 bits per heavy atom. The van der Waals surface area contributed by atoms with Crippen LogP contribution in [0, 0.1) is 0 Å². The highest BCUT2D eigenvalue weighted by Gasteiger charge is 2.20. The van der Waals surface area contributed by atoms with Gasteiger partial charge >= 0.3 is 5.97 Å². The van der Waals surface area contributed by atoms with E-state index in [9.17, 15) is 9.90 Å². The molecule has 3 N–H and O–H groups in total. The number of fused-ring (bicyclic) bond motifs is 1. The quantitative estimate of drug-likeness (QED) is 0.149. The molecule has 4 rings (SSSR count). The summed E-state index contributed by atoms with van der Waals surface area (Å²) in [5.74, 6) is -0.397. The van der Waals surface area contributed by atoms with E-state index < -0.39 is 5.97 Å². The molecule has 0 bridgehead atoms. The third-order valence-corrected chi connectivity index (χ3v) is 5.79. The second-order valence-corrected chi connectivity index (χ2v) is 8.35. The van der Waals surface area contributed by atoms with E-state index in [1.807, 2.05) is 48.5 Å². The van der Waals surface area contributed by atoms with Crippen LogP contribution in [0.1, 0.15) is 53.7 Å². The third kappa shape index (κ3) is 5.78. The van der Waals surface area contributed by atoms with E-state index in [4.69, 9.17) is 9.73 Å². The SMILES string of the molecule is CCCCNCc1ccc(N=C(c2ccccc2)c2c(O)[nH]c3cc(C(=O)OCC)ccc23)cc1. The standard InChI is InChI=1S/C29H31N3O3/c1-3-5-17-30-19-20-11-14-23(15-12-20)31-27(21-9-7-6-8-10-21)26-24-16-13-22(29(34)35-4-2)18-25(24)32-28(26)33/h6-16,18,30,32-33H,3-5,17,19H2,1-2H3. The van der Waals surface area contributed by atoms with Crippen LogP contribution in [0.3, 0.4) is 0 Å². The first-order chi connectivity index (χ1) is 17.1. The van der Waals surface area contributed by atoms with Crippen molar-refractivity contribution in [1.29, 1.82) is 0 Å². The lowest BCUT2D eigenvalue weighted by atomic mass is 10.00. The Labute approximate surface area is 205 Å². The zero-order chi connectivity index (χ0) is 24.6. The van der Waals surface area contributed by atoms with E-state index >= 15 is 0 Å². The van der Waals surface area contributed by atoms with Crippen LogP contribution in [0.15, 0.2) is 77.8 Å². The van der Waals surface area contributed by atoms with Crippen molar-refractivity contribution in [2.45, 2.75) is 33.2 Å². The molecule has 0 amide bonds. The van der Waals surface area contributed by atoms with Crippen molar-refractivity contribution in [2.75, 3.05) is 13.2 Å². The first-order valence-electron chi connectivity index (χ1n) is 12.1. The van der Waals surface area contributed by atoms with Gasteiger partial charge in [0.05, 0.1) is 29.1 Å². The highest BCUT2D eigenvalue weighted by Crippen LogP contribution is 2.32. The Balaban J connectivity index is 1.72. The maximum atomic E-state index is 12.2. The topological polar surface area (TPSA) is 86.7 Å². The van der Waals surface area contributed by atoms with Gasteiger partial charge in [-0.3, -0.25) is 0 Å². The van der Waals surface area contributed by atoms with Crippen LogP contribution < -0.4 is 5.32 Å². The number of aromatic amines is 1. The van der Waals surface area contributed by atoms with Gasteiger partial charge in [-0.15, -0.1) is 0 Å². The molecule has 0 aliphatic heterocycles. The van der Waals surface area contributed by atoms with Gasteiger partial charge in [-0.25, -0.2) is 9.79 Å². The summed E-state index contributed by atoms with van der Waals surface area (Å²) in [6, 6.07) is 23.1. The third-order valence-electron chi connectivity index (χ3n) is 5.79. The Morgan fingerprint density at radius 3 is 2.49 bits per heavy atom. The number of aliphatic imine (C=N–C) groups is 1. The van der Waals surface area contributed by atoms with Crippen LogP contribution in [0.4, 0.5) is 5.69 Å². The fraction of sp³-hybridized carbons (Fsp3) is 0.241. The Bertz CT molecular complexity index is 1310. The molecule has 0 saturated heterocycles. The number of rotatable bonds is 10. The van der Waals surface area contributed by atoms with Gasteiger partial charge in [0, 0.05) is 23.0 Å². The summed E-state index contributed by atoms with van der Waals surface area (Å²) in [4.78, 5) is 20.1. The summed E-state index contributed by atoms with van der Waals surface area (Å²) in [5, 5.41) is 15.1. The lowest BCUT2D eigenvalue weighted by molar-refractivity contribution is 0.0526. The van der Waals surface area contributed by atoms with Crippen LogP contribution in [0.2, 0.25) is 0 Å². The minimum Gasteiger partial charge on any atom is -0.494 e. The highest BCUT2D eigenvalue weighted by atomic mass is 16.5. The number of unbranched alkanes of at least 4 members (excludes halogenated alkanes) is 1. The Kier molecular flexibility index (Phi) is 7.95. The molecule has 4 aromatic rings. The smallest absolute Gasteiger partial charge is 0.338 e. The lowest BCUT2D eigenvalue weighted by Gasteiger charge is -2.09. The van der Waals surface area contributed by atoms with Gasteiger partial charge in [0.25, 0.3) is 0 Å². The molecular formula is C29H31N3O3. The molecule has 1 aromatic heterocycles. The summed E-state index contributed by atoms with van der Waals surface area (Å²) in [5.41, 5.74) is 5.16. The van der Waals surface area contributed by atoms with Crippen LogP contribution in [-0.4, -0.2) is 34.9 Å². The van der Waals surface area contributed by atoms with Crippen LogP contribution in [-0.2, 0) is 11.3 Å². The number of hydrogen-bond donors (Lipinski definition) is 3. The van der Waals surface area contributed by atoms with Crippen molar-refractivity contribution in [3.63, 3.8) is 0 Å². The molecule has 0 unspecified atom stereocenters. The number of aromatic nitrogens is 1. The van der Waals surface area contributed by atoms with E-state index in [1.54, 1.807) is 19.1 Å². The zero-order valence-corrected chi connectivity index (χ0v) is 20.2. The summed E-state index contributed by atoms with van der Waals surface area (Å²) >= 11 is 0. The van der Waals surface area contributed by atoms with Crippen LogP contribution in [0.25, 0.3) is 10.9 Å². The van der Waals surface area contributed by atoms with Crippen molar-refractivity contribution >= 4 is 28.3 Å². The molecule has 0 fully saturated rings. The molecule has 35 heavy (non-hydrogen) atoms. The lowest BCUT2D eigenvalue weighted by Crippen LogP contribution is -2.14. The average Bonchev–Trinajstić information content (AvgIpc) is 3.21. The molecule has 0 saturated carbocycles. The second kappa shape index (κ2) is 11.5. The van der Waals surface area contributed by atoms with Crippen molar-refractivity contribution < 1.29 is 14.6 Å². The first kappa shape index (κ1) is 24.2. The predicted octanol–water partition coefficient (Wildman–Crippen LogP) is 6.11. The monoisotopic (exact) mass is 469 g/mol. The highest BCUT2D eigenvalue weighted by molar-refractivity contribution is 6.22. The number of benzene rings is 3. The molecule has 6 heteroatoms. The minimum absolute atomic E-state index is 0.000330. The van der Waals surface area contributed by atoms with Crippen molar-refractivity contribution in [1.82, 2.24) is 10.3 Å². The fourth-order valence-electron chi connectivity index (χ4n) is 3.98. The van der Waals surface area contributed by atoms with Gasteiger partial charge in [-0.05, 0) is 49.7 Å². The maximum absolute atomic E-state index is 12.2. The molecule has 3 aromatic carbocycles. The van der Waals surface area contributed by atoms with Crippen LogP contribution >= 0.6 is 0 Å². The molecular weight excluding hydrogens is 438 g/mol.